The van der Waals surface area contributed by atoms with Crippen LogP contribution >= 0.6 is 12.4 Å². The van der Waals surface area contributed by atoms with E-state index in [9.17, 15) is 18.0 Å². The van der Waals surface area contributed by atoms with Crippen LogP contribution in [0.3, 0.4) is 0 Å². The summed E-state index contributed by atoms with van der Waals surface area (Å²) in [6.45, 7) is -0.468. The van der Waals surface area contributed by atoms with Gasteiger partial charge in [0.05, 0.1) is 20.1 Å². The average Bonchev–Trinajstić information content (AvgIpc) is 2.17. The zero-order valence-corrected chi connectivity index (χ0v) is 9.36. The number of alkyl halides is 3. The number of carbonyl (C=O) groups is 1. The Morgan fingerprint density at radius 2 is 2.19 bits per heavy atom. The van der Waals surface area contributed by atoms with Gasteiger partial charge < -0.3 is 14.8 Å². The number of rotatable bonds is 2. The van der Waals surface area contributed by atoms with Crippen molar-refractivity contribution < 1.29 is 27.4 Å². The van der Waals surface area contributed by atoms with Crippen molar-refractivity contribution >= 4 is 18.4 Å². The Hall–Kier alpha value is -0.530. The van der Waals surface area contributed by atoms with E-state index in [-0.39, 0.29) is 32.0 Å². The Morgan fingerprint density at radius 1 is 1.56 bits per heavy atom. The Kier molecular flexibility index (Phi) is 6.06. The molecule has 8 heteroatoms. The summed E-state index contributed by atoms with van der Waals surface area (Å²) < 4.78 is 45.4. The number of hydrogen-bond acceptors (Lipinski definition) is 4. The molecular weight excluding hydrogens is 251 g/mol. The third-order valence-electron chi connectivity index (χ3n) is 2.10. The van der Waals surface area contributed by atoms with E-state index >= 15 is 0 Å². The summed E-state index contributed by atoms with van der Waals surface area (Å²) >= 11 is 0. The van der Waals surface area contributed by atoms with Crippen LogP contribution in [0, 0.1) is 0 Å². The highest BCUT2D eigenvalue weighted by molar-refractivity contribution is 5.85. The Morgan fingerprint density at radius 3 is 2.56 bits per heavy atom. The van der Waals surface area contributed by atoms with Gasteiger partial charge in [0.2, 0.25) is 0 Å². The van der Waals surface area contributed by atoms with E-state index in [1.165, 1.54) is 7.11 Å². The van der Waals surface area contributed by atoms with Crippen molar-refractivity contribution in [3.8, 4) is 0 Å². The molecular formula is C8H13ClF3NO3. The first kappa shape index (κ1) is 15.5. The predicted octanol–water partition coefficient (Wildman–Crippen LogP) is 0.891. The van der Waals surface area contributed by atoms with Crippen molar-refractivity contribution in [2.75, 3.05) is 20.3 Å². The van der Waals surface area contributed by atoms with Crippen molar-refractivity contribution in [3.63, 3.8) is 0 Å². The quantitative estimate of drug-likeness (QED) is 0.752. The molecule has 0 radical (unpaired) electrons. The standard InChI is InChI=1S/C8H12F3NO3.ClH/c1-14-7(13)2-5-4-15-6(3-12-5)8(9,10)11;/h5-6,12H,2-4H2,1H3;1H/t5-,6-;/m1./s1. The molecule has 2 atom stereocenters. The first-order valence-electron chi connectivity index (χ1n) is 4.42. The summed E-state index contributed by atoms with van der Waals surface area (Å²) in [6.07, 6.45) is -6.13. The van der Waals surface area contributed by atoms with E-state index in [1.54, 1.807) is 0 Å². The first-order valence-corrected chi connectivity index (χ1v) is 4.42. The van der Waals surface area contributed by atoms with E-state index < -0.39 is 24.3 Å². The van der Waals surface area contributed by atoms with E-state index in [1.807, 2.05) is 0 Å². The third kappa shape index (κ3) is 4.54. The lowest BCUT2D eigenvalue weighted by atomic mass is 10.1. The minimum absolute atomic E-state index is 0. The molecule has 0 aliphatic carbocycles. The van der Waals surface area contributed by atoms with Gasteiger partial charge in [0.15, 0.2) is 6.10 Å². The number of carbonyl (C=O) groups excluding carboxylic acids is 1. The molecule has 1 aliphatic rings. The summed E-state index contributed by atoms with van der Waals surface area (Å²) in [5.74, 6) is -0.471. The zero-order valence-electron chi connectivity index (χ0n) is 8.54. The second-order valence-corrected chi connectivity index (χ2v) is 3.25. The highest BCUT2D eigenvalue weighted by atomic mass is 35.5. The molecule has 0 aromatic rings. The normalized spacial score (nSPS) is 25.8. The van der Waals surface area contributed by atoms with Gasteiger partial charge in [-0.15, -0.1) is 12.4 Å². The number of nitrogens with one attached hydrogen (secondary N) is 1. The van der Waals surface area contributed by atoms with Crippen LogP contribution in [0.4, 0.5) is 13.2 Å². The van der Waals surface area contributed by atoms with E-state index in [0.717, 1.165) is 0 Å². The topological polar surface area (TPSA) is 47.6 Å². The molecule has 1 heterocycles. The van der Waals surface area contributed by atoms with E-state index in [0.29, 0.717) is 0 Å². The highest BCUT2D eigenvalue weighted by Gasteiger charge is 2.43. The summed E-state index contributed by atoms with van der Waals surface area (Å²) in [6, 6.07) is -0.406. The zero-order chi connectivity index (χ0) is 11.5. The van der Waals surface area contributed by atoms with Crippen molar-refractivity contribution in [3.05, 3.63) is 0 Å². The Balaban J connectivity index is 0.00000225. The van der Waals surface area contributed by atoms with E-state index in [4.69, 9.17) is 0 Å². The fourth-order valence-corrected chi connectivity index (χ4v) is 1.25. The van der Waals surface area contributed by atoms with Crippen LogP contribution in [0.1, 0.15) is 6.42 Å². The summed E-state index contributed by atoms with van der Waals surface area (Å²) in [7, 11) is 1.23. The van der Waals surface area contributed by atoms with E-state index in [2.05, 4.69) is 14.8 Å². The maximum Gasteiger partial charge on any atom is 0.415 e. The number of ether oxygens (including phenoxy) is 2. The number of morpholine rings is 1. The third-order valence-corrected chi connectivity index (χ3v) is 2.10. The van der Waals surface area contributed by atoms with Gasteiger partial charge in [0.25, 0.3) is 0 Å². The van der Waals surface area contributed by atoms with Crippen molar-refractivity contribution in [2.24, 2.45) is 0 Å². The van der Waals surface area contributed by atoms with Crippen LogP contribution in [0.5, 0.6) is 0 Å². The predicted molar refractivity (Wildman–Crippen MR) is 51.5 cm³/mol. The number of hydrogen-bond donors (Lipinski definition) is 1. The largest absolute Gasteiger partial charge is 0.469 e. The Labute approximate surface area is 96.9 Å². The fraction of sp³-hybridized carbons (Fsp3) is 0.875. The molecule has 0 aromatic heterocycles. The van der Waals surface area contributed by atoms with Crippen molar-refractivity contribution in [1.82, 2.24) is 5.32 Å². The minimum Gasteiger partial charge on any atom is -0.469 e. The highest BCUT2D eigenvalue weighted by Crippen LogP contribution is 2.24. The molecule has 16 heavy (non-hydrogen) atoms. The van der Waals surface area contributed by atoms with Gasteiger partial charge in [-0.25, -0.2) is 0 Å². The molecule has 0 aromatic carbocycles. The summed E-state index contributed by atoms with van der Waals surface area (Å²) in [5.41, 5.74) is 0. The molecule has 0 bridgehead atoms. The van der Waals surface area contributed by atoms with Crippen molar-refractivity contribution in [1.29, 1.82) is 0 Å². The molecule has 1 rings (SSSR count). The van der Waals surface area contributed by atoms with Gasteiger partial charge in [-0.2, -0.15) is 13.2 Å². The maximum atomic E-state index is 12.1. The SMILES string of the molecule is COC(=O)C[C@@H]1CO[C@@H](C(F)(F)F)CN1.Cl. The van der Waals surface area contributed by atoms with Gasteiger partial charge >= 0.3 is 12.1 Å². The van der Waals surface area contributed by atoms with Gasteiger partial charge in [-0.1, -0.05) is 0 Å². The molecule has 1 aliphatic heterocycles. The van der Waals surface area contributed by atoms with Crippen LogP contribution in [-0.4, -0.2) is 44.6 Å². The lowest BCUT2D eigenvalue weighted by Crippen LogP contribution is -2.52. The van der Waals surface area contributed by atoms with Gasteiger partial charge in [0, 0.05) is 12.6 Å². The monoisotopic (exact) mass is 263 g/mol. The van der Waals surface area contributed by atoms with Gasteiger partial charge in [0.1, 0.15) is 0 Å². The molecule has 0 spiro atoms. The minimum atomic E-state index is -4.36. The molecule has 4 nitrogen and oxygen atoms in total. The van der Waals surface area contributed by atoms with Crippen LogP contribution in [-0.2, 0) is 14.3 Å². The number of halogens is 4. The molecule has 0 saturated carbocycles. The first-order chi connectivity index (χ1) is 6.93. The average molecular weight is 264 g/mol. The lowest BCUT2D eigenvalue weighted by molar-refractivity contribution is -0.229. The maximum absolute atomic E-state index is 12.1. The van der Waals surface area contributed by atoms with Gasteiger partial charge in [-0.3, -0.25) is 4.79 Å². The van der Waals surface area contributed by atoms with Gasteiger partial charge in [-0.05, 0) is 0 Å². The van der Waals surface area contributed by atoms with Crippen LogP contribution < -0.4 is 5.32 Å². The lowest BCUT2D eigenvalue weighted by Gasteiger charge is -2.30. The second kappa shape index (κ2) is 6.27. The fourth-order valence-electron chi connectivity index (χ4n) is 1.25. The number of methoxy groups -OCH3 is 1. The van der Waals surface area contributed by atoms with Crippen LogP contribution in [0.2, 0.25) is 0 Å². The molecule has 96 valence electrons. The molecule has 1 saturated heterocycles. The Bertz CT molecular complexity index is 229. The molecule has 1 N–H and O–H groups in total. The second-order valence-electron chi connectivity index (χ2n) is 3.25. The molecule has 0 amide bonds. The number of esters is 1. The van der Waals surface area contributed by atoms with Crippen LogP contribution in [0.15, 0.2) is 0 Å². The smallest absolute Gasteiger partial charge is 0.415 e. The van der Waals surface area contributed by atoms with Crippen molar-refractivity contribution in [2.45, 2.75) is 24.7 Å². The molecule has 0 unspecified atom stereocenters. The summed E-state index contributed by atoms with van der Waals surface area (Å²) in [4.78, 5) is 10.8. The molecule has 1 fully saturated rings. The van der Waals surface area contributed by atoms with Crippen LogP contribution in [0.25, 0.3) is 0 Å². The summed E-state index contributed by atoms with van der Waals surface area (Å²) in [5, 5.41) is 2.60.